The minimum Gasteiger partial charge on any atom is -0.481 e. The maximum atomic E-state index is 15.0. The Kier molecular flexibility index (Phi) is 6.57. The maximum Gasteiger partial charge on any atom is 0.426 e. The fourth-order valence-corrected chi connectivity index (χ4v) is 8.62. The van der Waals surface area contributed by atoms with Crippen molar-refractivity contribution in [2.75, 3.05) is 6.54 Å². The van der Waals surface area contributed by atoms with Gasteiger partial charge in [-0.1, -0.05) is 41.9 Å². The van der Waals surface area contributed by atoms with Gasteiger partial charge in [0.2, 0.25) is 11.6 Å². The van der Waals surface area contributed by atoms with Crippen LogP contribution in [-0.2, 0) is 33.5 Å². The van der Waals surface area contributed by atoms with Gasteiger partial charge >= 0.3 is 12.1 Å². The first-order valence-corrected chi connectivity index (χ1v) is 14.8. The van der Waals surface area contributed by atoms with E-state index in [-0.39, 0.29) is 11.9 Å². The van der Waals surface area contributed by atoms with Crippen LogP contribution in [0.15, 0.2) is 42.5 Å². The molecule has 2 aromatic rings. The van der Waals surface area contributed by atoms with Crippen molar-refractivity contribution < 1.29 is 32.3 Å². The molecule has 0 aromatic heterocycles. The number of carbonyl (C=O) groups excluding carboxylic acids is 1. The summed E-state index contributed by atoms with van der Waals surface area (Å²) < 4.78 is 55.6. The molecule has 0 radical (unpaired) electrons. The summed E-state index contributed by atoms with van der Waals surface area (Å²) in [4.78, 5) is 28.3. The lowest BCUT2D eigenvalue weighted by Crippen LogP contribution is -2.56. The number of carboxylic acid groups (broad SMARTS) is 1. The lowest BCUT2D eigenvalue weighted by Gasteiger charge is -2.52. The number of aryl methyl sites for hydroxylation is 1. The van der Waals surface area contributed by atoms with Gasteiger partial charge in [-0.2, -0.15) is 13.2 Å². The third-order valence-corrected chi connectivity index (χ3v) is 11.3. The van der Waals surface area contributed by atoms with Gasteiger partial charge in [0.05, 0.1) is 5.41 Å². The number of nitrogens with zero attached hydrogens (tertiary/aromatic N) is 1. The van der Waals surface area contributed by atoms with Gasteiger partial charge in [-0.3, -0.25) is 9.59 Å². The number of likely N-dealkylation sites (tertiary alicyclic amines) is 1. The molecule has 41 heavy (non-hydrogen) atoms. The molecule has 7 rings (SSSR count). The van der Waals surface area contributed by atoms with Crippen molar-refractivity contribution in [2.45, 2.75) is 94.4 Å². The molecule has 1 aliphatic heterocycles. The van der Waals surface area contributed by atoms with Gasteiger partial charge in [-0.05, 0) is 106 Å². The van der Waals surface area contributed by atoms with Crippen LogP contribution in [0.3, 0.4) is 0 Å². The Hall–Kier alpha value is -2.61. The molecule has 5 aliphatic rings. The molecule has 4 fully saturated rings. The number of aliphatic carboxylic acids is 1. The second kappa shape index (κ2) is 9.45. The van der Waals surface area contributed by atoms with Gasteiger partial charge in [-0.25, -0.2) is 4.39 Å². The number of benzene rings is 2. The summed E-state index contributed by atoms with van der Waals surface area (Å²) in [7, 11) is 0. The van der Waals surface area contributed by atoms with E-state index in [2.05, 4.69) is 0 Å². The standard InChI is InChI=1S/C32H34ClF4NO3/c1-28(34,32(35,36)37)22-6-7-24-21(18-22)5-8-25-31(24,19-20-3-2-4-23(33)17-20)15-16-38(25)26(39)29-9-12-30(13-10-29,14-11-29)27(40)41/h2-4,6-7,17-18,25H,5,8-16,19H2,1H3,(H,40,41). The lowest BCUT2D eigenvalue weighted by atomic mass is 9.53. The van der Waals surface area contributed by atoms with Crippen LogP contribution in [0.2, 0.25) is 5.02 Å². The number of hydrogen-bond acceptors (Lipinski definition) is 2. The van der Waals surface area contributed by atoms with E-state index in [1.165, 1.54) is 12.1 Å². The number of carboxylic acids is 1. The van der Waals surface area contributed by atoms with Gasteiger partial charge in [0.1, 0.15) is 0 Å². The van der Waals surface area contributed by atoms with Crippen molar-refractivity contribution in [2.24, 2.45) is 10.8 Å². The van der Waals surface area contributed by atoms with E-state index in [0.29, 0.717) is 88.3 Å². The molecule has 1 N–H and O–H groups in total. The Morgan fingerprint density at radius 3 is 2.24 bits per heavy atom. The predicted octanol–water partition coefficient (Wildman–Crippen LogP) is 7.54. The van der Waals surface area contributed by atoms with Crippen molar-refractivity contribution in [1.82, 2.24) is 4.90 Å². The Labute approximate surface area is 242 Å². The molecule has 3 unspecified atom stereocenters. The van der Waals surface area contributed by atoms with Crippen molar-refractivity contribution in [3.63, 3.8) is 0 Å². The summed E-state index contributed by atoms with van der Waals surface area (Å²) in [6, 6.07) is 11.6. The monoisotopic (exact) mass is 591 g/mol. The summed E-state index contributed by atoms with van der Waals surface area (Å²) in [6.45, 7) is 1.07. The summed E-state index contributed by atoms with van der Waals surface area (Å²) >= 11 is 6.32. The van der Waals surface area contributed by atoms with Crippen molar-refractivity contribution >= 4 is 23.5 Å². The molecule has 4 nitrogen and oxygen atoms in total. The molecule has 1 amide bonds. The number of hydrogen-bond donors (Lipinski definition) is 1. The topological polar surface area (TPSA) is 57.6 Å². The molecular weight excluding hydrogens is 558 g/mol. The highest BCUT2D eigenvalue weighted by Crippen LogP contribution is 2.59. The largest absolute Gasteiger partial charge is 0.481 e. The maximum absolute atomic E-state index is 15.0. The van der Waals surface area contributed by atoms with E-state index >= 15 is 0 Å². The number of alkyl halides is 4. The fourth-order valence-electron chi connectivity index (χ4n) is 8.41. The third kappa shape index (κ3) is 4.30. The molecular formula is C32H34ClF4NO3. The molecule has 2 bridgehead atoms. The van der Waals surface area contributed by atoms with E-state index in [1.54, 1.807) is 12.1 Å². The van der Waals surface area contributed by atoms with E-state index in [0.717, 1.165) is 11.1 Å². The second-order valence-corrected chi connectivity index (χ2v) is 13.4. The Morgan fingerprint density at radius 2 is 1.63 bits per heavy atom. The van der Waals surface area contributed by atoms with Crippen LogP contribution < -0.4 is 0 Å². The van der Waals surface area contributed by atoms with Crippen molar-refractivity contribution in [1.29, 1.82) is 0 Å². The summed E-state index contributed by atoms with van der Waals surface area (Å²) in [5.41, 5.74) is -3.16. The van der Waals surface area contributed by atoms with Crippen molar-refractivity contribution in [3.8, 4) is 0 Å². The summed E-state index contributed by atoms with van der Waals surface area (Å²) in [5.74, 6) is -0.680. The number of amides is 1. The highest BCUT2D eigenvalue weighted by atomic mass is 35.5. The van der Waals surface area contributed by atoms with Gasteiger partial charge in [0.25, 0.3) is 0 Å². The minimum absolute atomic E-state index is 0.0858. The van der Waals surface area contributed by atoms with Crippen molar-refractivity contribution in [3.05, 3.63) is 69.7 Å². The second-order valence-electron chi connectivity index (χ2n) is 13.0. The number of halogens is 5. The van der Waals surface area contributed by atoms with Gasteiger partial charge in [-0.15, -0.1) is 0 Å². The highest BCUT2D eigenvalue weighted by molar-refractivity contribution is 6.30. The first-order valence-electron chi connectivity index (χ1n) is 14.4. The first-order chi connectivity index (χ1) is 19.2. The van der Waals surface area contributed by atoms with E-state index in [9.17, 15) is 32.3 Å². The molecule has 2 aromatic carbocycles. The van der Waals surface area contributed by atoms with Gasteiger partial charge in [0, 0.05) is 28.4 Å². The quantitative estimate of drug-likeness (QED) is 0.366. The SMILES string of the molecule is CC(F)(c1ccc2c(c1)CCC1N(C(=O)C34CCC(C(=O)O)(CC3)CC4)CCC21Cc1cccc(Cl)c1)C(F)(F)F. The van der Waals surface area contributed by atoms with Crippen LogP contribution in [0.5, 0.6) is 0 Å². The molecule has 9 heteroatoms. The molecule has 4 aliphatic carbocycles. The average Bonchev–Trinajstić information content (AvgIpc) is 3.31. The van der Waals surface area contributed by atoms with Gasteiger partial charge < -0.3 is 10.0 Å². The zero-order valence-corrected chi connectivity index (χ0v) is 23.8. The molecule has 220 valence electrons. The van der Waals surface area contributed by atoms with Crippen LogP contribution in [0.4, 0.5) is 17.6 Å². The van der Waals surface area contributed by atoms with Crippen LogP contribution in [-0.4, -0.2) is 40.6 Å². The number of rotatable bonds is 5. The highest BCUT2D eigenvalue weighted by Gasteiger charge is 2.60. The molecule has 3 saturated carbocycles. The van der Waals surface area contributed by atoms with E-state index < -0.39 is 39.6 Å². The fraction of sp³-hybridized carbons (Fsp3) is 0.562. The smallest absolute Gasteiger partial charge is 0.426 e. The average molecular weight is 592 g/mol. The molecule has 1 heterocycles. The van der Waals surface area contributed by atoms with Crippen LogP contribution >= 0.6 is 11.6 Å². The molecule has 1 saturated heterocycles. The number of carbonyl (C=O) groups is 2. The summed E-state index contributed by atoms with van der Waals surface area (Å²) in [5, 5.41) is 10.4. The Morgan fingerprint density at radius 1 is 0.976 bits per heavy atom. The normalized spacial score (nSPS) is 32.2. The Bertz CT molecular complexity index is 1380. The molecule has 3 atom stereocenters. The van der Waals surface area contributed by atoms with E-state index in [1.807, 2.05) is 23.1 Å². The molecule has 0 spiro atoms. The van der Waals surface area contributed by atoms with E-state index in [4.69, 9.17) is 11.6 Å². The first kappa shape index (κ1) is 28.5. The van der Waals surface area contributed by atoms with Crippen LogP contribution in [0.25, 0.3) is 0 Å². The lowest BCUT2D eigenvalue weighted by molar-refractivity contribution is -0.228. The Balaban J connectivity index is 1.37. The zero-order valence-electron chi connectivity index (χ0n) is 23.0. The number of fused-ring (bicyclic) bond motifs is 6. The predicted molar refractivity (Wildman–Crippen MR) is 146 cm³/mol. The van der Waals surface area contributed by atoms with Crippen LogP contribution in [0, 0.1) is 10.8 Å². The summed E-state index contributed by atoms with van der Waals surface area (Å²) in [6.07, 6.45) is 0.363. The van der Waals surface area contributed by atoms with Gasteiger partial charge in [0.15, 0.2) is 0 Å². The minimum atomic E-state index is -5.04. The zero-order chi connectivity index (χ0) is 29.4. The van der Waals surface area contributed by atoms with Crippen LogP contribution in [0.1, 0.15) is 80.5 Å². The third-order valence-electron chi connectivity index (χ3n) is 11.0.